The number of tetrazole rings is 1. The van der Waals surface area contributed by atoms with Crippen LogP contribution < -0.4 is 0 Å². The van der Waals surface area contributed by atoms with E-state index < -0.39 is 0 Å². The van der Waals surface area contributed by atoms with Crippen LogP contribution in [-0.2, 0) is 13.0 Å². The number of nitrogens with zero attached hydrogens (tertiary/aromatic N) is 4. The van der Waals surface area contributed by atoms with Crippen molar-refractivity contribution in [3.63, 3.8) is 0 Å². The van der Waals surface area contributed by atoms with Crippen LogP contribution >= 0.6 is 11.6 Å². The molecule has 5 heteroatoms. The average Bonchev–Trinajstić information content (AvgIpc) is 2.74. The van der Waals surface area contributed by atoms with Gasteiger partial charge in [0.15, 0.2) is 5.82 Å². The second kappa shape index (κ2) is 4.11. The molecule has 0 saturated heterocycles. The van der Waals surface area contributed by atoms with Crippen LogP contribution in [0.25, 0.3) is 0 Å². The van der Waals surface area contributed by atoms with Crippen molar-refractivity contribution in [1.82, 2.24) is 20.2 Å². The molecule has 4 nitrogen and oxygen atoms in total. The molecule has 0 spiro atoms. The highest BCUT2D eigenvalue weighted by atomic mass is 35.5. The monoisotopic (exact) mass is 248 g/mol. The number of benzene rings is 1. The molecule has 1 aliphatic rings. The zero-order chi connectivity index (χ0) is 11.8. The Bertz CT molecular complexity index is 535. The summed E-state index contributed by atoms with van der Waals surface area (Å²) in [6.45, 7) is 2.70. The molecular formula is C12H13ClN4. The predicted molar refractivity (Wildman–Crippen MR) is 65.0 cm³/mol. The molecule has 0 fully saturated rings. The van der Waals surface area contributed by atoms with E-state index in [2.05, 4.69) is 39.8 Å². The van der Waals surface area contributed by atoms with Crippen LogP contribution in [0, 0.1) is 0 Å². The standard InChI is InChI=1S/C12H13ClN4/c1-8(13)12-14-15-16-17(12)7-10-6-9-4-2-3-5-11(9)10/h2-5,8,10H,6-7H2,1H3. The SMILES string of the molecule is CC(Cl)c1nnnn1CC1Cc2ccccc21. The molecule has 1 aromatic heterocycles. The van der Waals surface area contributed by atoms with Gasteiger partial charge in [-0.15, -0.1) is 16.7 Å². The van der Waals surface area contributed by atoms with E-state index in [4.69, 9.17) is 11.6 Å². The zero-order valence-electron chi connectivity index (χ0n) is 9.55. The van der Waals surface area contributed by atoms with Crippen molar-refractivity contribution in [1.29, 1.82) is 0 Å². The maximum Gasteiger partial charge on any atom is 0.168 e. The van der Waals surface area contributed by atoms with Crippen molar-refractivity contribution in [3.05, 3.63) is 41.2 Å². The molecule has 0 N–H and O–H groups in total. The molecule has 0 radical (unpaired) electrons. The average molecular weight is 249 g/mol. The summed E-state index contributed by atoms with van der Waals surface area (Å²) in [5.41, 5.74) is 2.85. The number of hydrogen-bond donors (Lipinski definition) is 0. The predicted octanol–water partition coefficient (Wildman–Crippen LogP) is 2.31. The van der Waals surface area contributed by atoms with Gasteiger partial charge < -0.3 is 0 Å². The first kappa shape index (κ1) is 10.7. The molecule has 2 unspecified atom stereocenters. The van der Waals surface area contributed by atoms with E-state index in [1.165, 1.54) is 11.1 Å². The highest BCUT2D eigenvalue weighted by Crippen LogP contribution is 2.36. The Morgan fingerprint density at radius 2 is 2.29 bits per heavy atom. The van der Waals surface area contributed by atoms with Crippen molar-refractivity contribution >= 4 is 11.6 Å². The highest BCUT2D eigenvalue weighted by molar-refractivity contribution is 6.20. The minimum absolute atomic E-state index is 0.152. The Morgan fingerprint density at radius 1 is 1.47 bits per heavy atom. The molecular weight excluding hydrogens is 236 g/mol. The van der Waals surface area contributed by atoms with Crippen LogP contribution in [0.5, 0.6) is 0 Å². The lowest BCUT2D eigenvalue weighted by molar-refractivity contribution is 0.453. The smallest absolute Gasteiger partial charge is 0.168 e. The van der Waals surface area contributed by atoms with E-state index in [0.29, 0.717) is 5.92 Å². The summed E-state index contributed by atoms with van der Waals surface area (Å²) in [5, 5.41) is 11.5. The van der Waals surface area contributed by atoms with Gasteiger partial charge in [-0.1, -0.05) is 24.3 Å². The van der Waals surface area contributed by atoms with Gasteiger partial charge in [-0.25, -0.2) is 4.68 Å². The second-order valence-electron chi connectivity index (χ2n) is 4.44. The van der Waals surface area contributed by atoms with Crippen molar-refractivity contribution in [2.24, 2.45) is 0 Å². The van der Waals surface area contributed by atoms with Gasteiger partial charge >= 0.3 is 0 Å². The first-order chi connectivity index (χ1) is 8.25. The van der Waals surface area contributed by atoms with E-state index in [9.17, 15) is 0 Å². The molecule has 1 aliphatic carbocycles. The molecule has 2 atom stereocenters. The second-order valence-corrected chi connectivity index (χ2v) is 5.09. The van der Waals surface area contributed by atoms with Gasteiger partial charge in [0.05, 0.1) is 11.9 Å². The third-order valence-corrected chi connectivity index (χ3v) is 3.47. The fourth-order valence-corrected chi connectivity index (χ4v) is 2.52. The van der Waals surface area contributed by atoms with E-state index >= 15 is 0 Å². The third kappa shape index (κ3) is 1.82. The summed E-state index contributed by atoms with van der Waals surface area (Å²) in [7, 11) is 0. The van der Waals surface area contributed by atoms with Gasteiger partial charge in [-0.3, -0.25) is 0 Å². The van der Waals surface area contributed by atoms with Crippen molar-refractivity contribution in [2.75, 3.05) is 0 Å². The van der Waals surface area contributed by atoms with Gasteiger partial charge in [-0.2, -0.15) is 0 Å². The number of hydrogen-bond acceptors (Lipinski definition) is 3. The van der Waals surface area contributed by atoms with Gasteiger partial charge in [0.1, 0.15) is 0 Å². The van der Waals surface area contributed by atoms with E-state index in [0.717, 1.165) is 18.8 Å². The van der Waals surface area contributed by atoms with Crippen LogP contribution in [-0.4, -0.2) is 20.2 Å². The van der Waals surface area contributed by atoms with E-state index in [-0.39, 0.29) is 5.38 Å². The Labute approximate surface area is 105 Å². The number of halogens is 1. The molecule has 0 amide bonds. The number of aromatic nitrogens is 4. The van der Waals surface area contributed by atoms with Crippen LogP contribution in [0.3, 0.4) is 0 Å². The minimum atomic E-state index is -0.152. The molecule has 17 heavy (non-hydrogen) atoms. The van der Waals surface area contributed by atoms with Gasteiger partial charge in [0, 0.05) is 5.92 Å². The number of fused-ring (bicyclic) bond motifs is 1. The first-order valence-corrected chi connectivity index (χ1v) is 6.17. The van der Waals surface area contributed by atoms with Gasteiger partial charge in [0.25, 0.3) is 0 Å². The van der Waals surface area contributed by atoms with Crippen molar-refractivity contribution in [3.8, 4) is 0 Å². The molecule has 0 bridgehead atoms. The quantitative estimate of drug-likeness (QED) is 0.783. The summed E-state index contributed by atoms with van der Waals surface area (Å²) in [6, 6.07) is 8.52. The van der Waals surface area contributed by atoms with Crippen LogP contribution in [0.4, 0.5) is 0 Å². The lowest BCUT2D eigenvalue weighted by atomic mass is 9.77. The molecule has 3 rings (SSSR count). The topological polar surface area (TPSA) is 43.6 Å². The summed E-state index contributed by atoms with van der Waals surface area (Å²) < 4.78 is 1.82. The summed E-state index contributed by atoms with van der Waals surface area (Å²) in [6.07, 6.45) is 1.10. The lowest BCUT2D eigenvalue weighted by Gasteiger charge is -2.30. The van der Waals surface area contributed by atoms with Gasteiger partial charge in [0.2, 0.25) is 0 Å². The summed E-state index contributed by atoms with van der Waals surface area (Å²) in [5.74, 6) is 1.26. The van der Waals surface area contributed by atoms with Crippen LogP contribution in [0.15, 0.2) is 24.3 Å². The normalized spacial score (nSPS) is 19.5. The molecule has 0 aliphatic heterocycles. The van der Waals surface area contributed by atoms with E-state index in [1.807, 2.05) is 11.6 Å². The van der Waals surface area contributed by atoms with Gasteiger partial charge in [-0.05, 0) is 34.9 Å². The minimum Gasteiger partial charge on any atom is -0.228 e. The Kier molecular flexibility index (Phi) is 2.59. The zero-order valence-corrected chi connectivity index (χ0v) is 10.3. The third-order valence-electron chi connectivity index (χ3n) is 3.27. The summed E-state index contributed by atoms with van der Waals surface area (Å²) >= 11 is 6.03. The first-order valence-electron chi connectivity index (χ1n) is 5.73. The van der Waals surface area contributed by atoms with Crippen LogP contribution in [0.1, 0.15) is 35.2 Å². The fourth-order valence-electron chi connectivity index (χ4n) is 2.36. The molecule has 0 saturated carbocycles. The maximum absolute atomic E-state index is 6.03. The fraction of sp³-hybridized carbons (Fsp3) is 0.417. The van der Waals surface area contributed by atoms with Crippen LogP contribution in [0.2, 0.25) is 0 Å². The molecule has 2 aromatic rings. The van der Waals surface area contributed by atoms with Crippen molar-refractivity contribution in [2.45, 2.75) is 31.2 Å². The summed E-state index contributed by atoms with van der Waals surface area (Å²) in [4.78, 5) is 0. The molecule has 1 aromatic carbocycles. The van der Waals surface area contributed by atoms with Crippen molar-refractivity contribution < 1.29 is 0 Å². The van der Waals surface area contributed by atoms with E-state index in [1.54, 1.807) is 0 Å². The Hall–Kier alpha value is -1.42. The number of rotatable bonds is 3. The largest absolute Gasteiger partial charge is 0.228 e. The maximum atomic E-state index is 6.03. The lowest BCUT2D eigenvalue weighted by Crippen LogP contribution is -2.23. The molecule has 1 heterocycles. The Balaban J connectivity index is 1.80. The molecule has 88 valence electrons. The Morgan fingerprint density at radius 3 is 3.06 bits per heavy atom. The number of alkyl halides is 1. The highest BCUT2D eigenvalue weighted by Gasteiger charge is 2.27.